The second-order valence-corrected chi connectivity index (χ2v) is 11.0. The molecule has 0 bridgehead atoms. The van der Waals surface area contributed by atoms with Gasteiger partial charge in [0.1, 0.15) is 5.69 Å². The molecule has 0 aliphatic heterocycles. The van der Waals surface area contributed by atoms with Gasteiger partial charge in [0.05, 0.1) is 12.9 Å². The predicted molar refractivity (Wildman–Crippen MR) is 182 cm³/mol. The number of nitrogens with one attached hydrogen (secondary N) is 2. The number of carbonyl (C=O) groups is 2. The van der Waals surface area contributed by atoms with Crippen LogP contribution in [-0.2, 0) is 17.2 Å². The maximum absolute atomic E-state index is 13.0. The fraction of sp³-hybridized carbons (Fsp3) is 0.444. The molecular formula is C36H53N3O4. The molecule has 0 spiro atoms. The van der Waals surface area contributed by atoms with Gasteiger partial charge in [-0.1, -0.05) is 77.1 Å². The van der Waals surface area contributed by atoms with E-state index >= 15 is 0 Å². The third kappa shape index (κ3) is 11.3. The number of urea groups is 1. The first-order valence-electron chi connectivity index (χ1n) is 15.3. The molecule has 1 aromatic heterocycles. The standard InChI is InChI=1S/C27H33N3O3.C4H8.C3H6O.C2H6/c1-6-33-25(31)24-23(18-9-11-19(12-10-18)27(2,3)4)21-15-20(13-14-22(21)30(24)5)29-26(32)28-16-17-7-8-17;1-3-4-2;1-2-3-4;1-2/h9-15,17H,6-8,16H2,1-5H3,(H2,28,29,32);3-4H,1-2H3;2-4H,1H3;1-2H3/b;4-3-;3-2+;. The number of rotatable bonds is 6. The van der Waals surface area contributed by atoms with Crippen molar-refractivity contribution in [3.8, 4) is 11.1 Å². The monoisotopic (exact) mass is 591 g/mol. The highest BCUT2D eigenvalue weighted by Crippen LogP contribution is 2.37. The van der Waals surface area contributed by atoms with Crippen LogP contribution in [0.15, 0.2) is 67.0 Å². The summed E-state index contributed by atoms with van der Waals surface area (Å²) in [6.45, 7) is 19.1. The first-order valence-corrected chi connectivity index (χ1v) is 15.3. The van der Waals surface area contributed by atoms with Crippen molar-refractivity contribution in [2.75, 3.05) is 18.5 Å². The molecule has 2 aromatic carbocycles. The van der Waals surface area contributed by atoms with E-state index < -0.39 is 0 Å². The van der Waals surface area contributed by atoms with Crippen molar-refractivity contribution in [2.45, 2.75) is 80.6 Å². The number of aromatic nitrogens is 1. The van der Waals surface area contributed by atoms with Gasteiger partial charge in [-0.25, -0.2) is 9.59 Å². The number of amides is 2. The quantitative estimate of drug-likeness (QED) is 0.151. The summed E-state index contributed by atoms with van der Waals surface area (Å²) in [5, 5.41) is 14.4. The summed E-state index contributed by atoms with van der Waals surface area (Å²) >= 11 is 0. The average molecular weight is 592 g/mol. The van der Waals surface area contributed by atoms with Crippen LogP contribution in [0.1, 0.15) is 91.2 Å². The molecule has 0 saturated heterocycles. The maximum atomic E-state index is 13.0. The second kappa shape index (κ2) is 18.5. The van der Waals surface area contributed by atoms with Crippen molar-refractivity contribution in [1.29, 1.82) is 0 Å². The number of esters is 1. The zero-order valence-corrected chi connectivity index (χ0v) is 27.9. The lowest BCUT2D eigenvalue weighted by Gasteiger charge is -2.19. The molecule has 0 atom stereocenters. The Bertz CT molecular complexity index is 1320. The van der Waals surface area contributed by atoms with Gasteiger partial charge < -0.3 is 25.0 Å². The number of benzene rings is 2. The Labute approximate surface area is 259 Å². The molecule has 2 amide bonds. The summed E-state index contributed by atoms with van der Waals surface area (Å²) in [4.78, 5) is 25.3. The van der Waals surface area contributed by atoms with E-state index in [0.29, 0.717) is 30.5 Å². The topological polar surface area (TPSA) is 92.6 Å². The SMILES string of the molecule is C/C=C/O.C/C=C\C.CC.CCOC(=O)c1c(-c2ccc(C(C)(C)C)cc2)c2cc(NC(=O)NCC3CC3)ccc2n1C. The van der Waals surface area contributed by atoms with Crippen molar-refractivity contribution < 1.29 is 19.4 Å². The van der Waals surface area contributed by atoms with Gasteiger partial charge in [0.25, 0.3) is 0 Å². The van der Waals surface area contributed by atoms with Crippen LogP contribution < -0.4 is 10.6 Å². The van der Waals surface area contributed by atoms with Crippen LogP contribution >= 0.6 is 0 Å². The number of fused-ring (bicyclic) bond motifs is 1. The van der Waals surface area contributed by atoms with Gasteiger partial charge in [0.2, 0.25) is 0 Å². The van der Waals surface area contributed by atoms with Crippen molar-refractivity contribution in [1.82, 2.24) is 9.88 Å². The van der Waals surface area contributed by atoms with Gasteiger partial charge in [-0.05, 0) is 81.2 Å². The first kappa shape index (κ1) is 37.0. The Balaban J connectivity index is 0.000000812. The van der Waals surface area contributed by atoms with Crippen LogP contribution in [0.25, 0.3) is 22.0 Å². The van der Waals surface area contributed by atoms with E-state index in [9.17, 15) is 9.59 Å². The average Bonchev–Trinajstić information content (AvgIpc) is 3.79. The lowest BCUT2D eigenvalue weighted by atomic mass is 9.86. The van der Waals surface area contributed by atoms with E-state index in [2.05, 4.69) is 55.7 Å². The minimum atomic E-state index is -0.359. The number of aliphatic hydroxyl groups is 1. The Morgan fingerprint density at radius 2 is 1.58 bits per heavy atom. The largest absolute Gasteiger partial charge is 0.516 e. The van der Waals surface area contributed by atoms with Crippen LogP contribution in [0, 0.1) is 5.92 Å². The van der Waals surface area contributed by atoms with E-state index in [4.69, 9.17) is 9.84 Å². The summed E-state index contributed by atoms with van der Waals surface area (Å²) in [5.41, 5.74) is 5.10. The number of anilines is 1. The van der Waals surface area contributed by atoms with Crippen LogP contribution in [0.5, 0.6) is 0 Å². The molecule has 3 N–H and O–H groups in total. The van der Waals surface area contributed by atoms with Gasteiger partial charge >= 0.3 is 12.0 Å². The van der Waals surface area contributed by atoms with E-state index in [1.54, 1.807) is 19.9 Å². The zero-order chi connectivity index (χ0) is 32.6. The molecular weight excluding hydrogens is 538 g/mol. The molecule has 236 valence electrons. The lowest BCUT2D eigenvalue weighted by molar-refractivity contribution is 0.0516. The number of hydrogen-bond donors (Lipinski definition) is 3. The number of aryl methyl sites for hydroxylation is 1. The molecule has 1 saturated carbocycles. The summed E-state index contributed by atoms with van der Waals surface area (Å²) in [6, 6.07) is 13.8. The summed E-state index contributed by atoms with van der Waals surface area (Å²) < 4.78 is 7.27. The predicted octanol–water partition coefficient (Wildman–Crippen LogP) is 9.54. The molecule has 3 aromatic rings. The Hall–Kier alpha value is -4.00. The summed E-state index contributed by atoms with van der Waals surface area (Å²) in [7, 11) is 1.87. The van der Waals surface area contributed by atoms with E-state index in [1.165, 1.54) is 18.4 Å². The smallest absolute Gasteiger partial charge is 0.355 e. The molecule has 7 heteroatoms. The van der Waals surface area contributed by atoms with Crippen molar-refractivity contribution >= 4 is 28.6 Å². The Morgan fingerprint density at radius 3 is 2.05 bits per heavy atom. The van der Waals surface area contributed by atoms with Gasteiger partial charge in [-0.3, -0.25) is 0 Å². The summed E-state index contributed by atoms with van der Waals surface area (Å²) in [6.07, 6.45) is 8.93. The van der Waals surface area contributed by atoms with Gasteiger partial charge in [0, 0.05) is 35.7 Å². The van der Waals surface area contributed by atoms with Crippen molar-refractivity contribution in [3.63, 3.8) is 0 Å². The highest BCUT2D eigenvalue weighted by atomic mass is 16.5. The first-order chi connectivity index (χ1) is 20.5. The van der Waals surface area contributed by atoms with Crippen LogP contribution in [0.2, 0.25) is 0 Å². The van der Waals surface area contributed by atoms with E-state index in [1.807, 2.05) is 69.7 Å². The third-order valence-corrected chi connectivity index (χ3v) is 6.70. The molecule has 1 fully saturated rings. The Morgan fingerprint density at radius 1 is 1.00 bits per heavy atom. The second-order valence-electron chi connectivity index (χ2n) is 11.0. The molecule has 1 aliphatic rings. The molecule has 4 rings (SSSR count). The number of nitrogens with zero attached hydrogens (tertiary/aromatic N) is 1. The number of carbonyl (C=O) groups excluding carboxylic acids is 2. The Kier molecular flexibility index (Phi) is 15.9. The molecule has 1 heterocycles. The van der Waals surface area contributed by atoms with E-state index in [-0.39, 0.29) is 17.4 Å². The fourth-order valence-corrected chi connectivity index (χ4v) is 4.12. The number of hydrogen-bond acceptors (Lipinski definition) is 4. The molecule has 43 heavy (non-hydrogen) atoms. The van der Waals surface area contributed by atoms with Gasteiger partial charge in [-0.2, -0.15) is 0 Å². The molecule has 0 radical (unpaired) electrons. The van der Waals surface area contributed by atoms with Gasteiger partial charge in [-0.15, -0.1) is 0 Å². The van der Waals surface area contributed by atoms with Crippen molar-refractivity contribution in [2.24, 2.45) is 13.0 Å². The van der Waals surface area contributed by atoms with Crippen LogP contribution in [-0.4, -0.2) is 34.8 Å². The summed E-state index contributed by atoms with van der Waals surface area (Å²) in [5.74, 6) is 0.255. The fourth-order valence-electron chi connectivity index (χ4n) is 4.12. The molecule has 7 nitrogen and oxygen atoms in total. The minimum absolute atomic E-state index is 0.0339. The zero-order valence-electron chi connectivity index (χ0n) is 27.9. The van der Waals surface area contributed by atoms with Crippen molar-refractivity contribution in [3.05, 3.63) is 78.2 Å². The number of aliphatic hydroxyl groups excluding tert-OH is 1. The minimum Gasteiger partial charge on any atom is -0.516 e. The normalized spacial score (nSPS) is 12.4. The van der Waals surface area contributed by atoms with E-state index in [0.717, 1.165) is 28.3 Å². The highest BCUT2D eigenvalue weighted by Gasteiger charge is 2.25. The molecule has 0 unspecified atom stereocenters. The maximum Gasteiger partial charge on any atom is 0.355 e. The lowest BCUT2D eigenvalue weighted by Crippen LogP contribution is -2.30. The third-order valence-electron chi connectivity index (χ3n) is 6.70. The van der Waals surface area contributed by atoms with Crippen LogP contribution in [0.3, 0.4) is 0 Å². The van der Waals surface area contributed by atoms with Gasteiger partial charge in [0.15, 0.2) is 0 Å². The molecule has 1 aliphatic carbocycles. The van der Waals surface area contributed by atoms with Crippen LogP contribution in [0.4, 0.5) is 10.5 Å². The number of ether oxygens (including phenoxy) is 1. The number of allylic oxidation sites excluding steroid dienone is 3. The highest BCUT2D eigenvalue weighted by molar-refractivity contribution is 6.10.